The number of ether oxygens (including phenoxy) is 1. The molecule has 1 saturated carbocycles. The van der Waals surface area contributed by atoms with E-state index in [1.54, 1.807) is 6.07 Å². The minimum atomic E-state index is -1.12. The van der Waals surface area contributed by atoms with E-state index < -0.39 is 5.97 Å². The lowest BCUT2D eigenvalue weighted by Gasteiger charge is -2.37. The van der Waals surface area contributed by atoms with Crippen LogP contribution in [0, 0.1) is 17.8 Å². The van der Waals surface area contributed by atoms with Gasteiger partial charge in [-0.2, -0.15) is 0 Å². The lowest BCUT2D eigenvalue weighted by atomic mass is 9.75. The number of rotatable bonds is 7. The summed E-state index contributed by atoms with van der Waals surface area (Å²) in [5.74, 6) is 0.607. The van der Waals surface area contributed by atoms with Crippen molar-refractivity contribution in [2.75, 3.05) is 6.61 Å². The van der Waals surface area contributed by atoms with Gasteiger partial charge in [0, 0.05) is 0 Å². The molecule has 3 atom stereocenters. The van der Waals surface area contributed by atoms with Gasteiger partial charge in [-0.1, -0.05) is 27.2 Å². The van der Waals surface area contributed by atoms with Gasteiger partial charge in [-0.3, -0.25) is 4.79 Å². The Morgan fingerprint density at radius 2 is 2.12 bits per heavy atom. The lowest BCUT2D eigenvalue weighted by Crippen LogP contribution is -2.37. The maximum Gasteiger partial charge on any atom is 0.371 e. The summed E-state index contributed by atoms with van der Waals surface area (Å²) >= 11 is 0. The number of amides is 1. The van der Waals surface area contributed by atoms with Gasteiger partial charge < -0.3 is 19.6 Å². The molecule has 3 unspecified atom stereocenters. The summed E-state index contributed by atoms with van der Waals surface area (Å²) in [6, 6.07) is 2.92. The van der Waals surface area contributed by atoms with Crippen molar-refractivity contribution in [1.29, 1.82) is 0 Å². The molecule has 0 spiro atoms. The predicted molar refractivity (Wildman–Crippen MR) is 88.6 cm³/mol. The topological polar surface area (TPSA) is 88.8 Å². The van der Waals surface area contributed by atoms with Crippen molar-refractivity contribution in [1.82, 2.24) is 5.32 Å². The Balaban J connectivity index is 1.77. The van der Waals surface area contributed by atoms with Crippen molar-refractivity contribution in [2.45, 2.75) is 52.7 Å². The molecule has 6 nitrogen and oxygen atoms in total. The normalized spacial score (nSPS) is 24.1. The molecular formula is C18H27NO5. The van der Waals surface area contributed by atoms with Gasteiger partial charge in [-0.25, -0.2) is 4.79 Å². The number of carboxylic acid groups (broad SMARTS) is 1. The third-order valence-electron chi connectivity index (χ3n) is 4.72. The van der Waals surface area contributed by atoms with Gasteiger partial charge >= 0.3 is 5.97 Å². The standard InChI is InChI=1S/C18H27NO5/c1-11(2)14-6-4-12(3)8-16(14)23-10-17(20)19-9-13-5-7-15(24-13)18(21)22/h5,7,11-12,14,16H,4,6,8-10H2,1-3H3,(H,19,20)(H,21,22). The fourth-order valence-electron chi connectivity index (χ4n) is 3.31. The summed E-state index contributed by atoms with van der Waals surface area (Å²) in [5, 5.41) is 11.5. The van der Waals surface area contributed by atoms with Crippen molar-refractivity contribution in [3.63, 3.8) is 0 Å². The summed E-state index contributed by atoms with van der Waals surface area (Å²) in [5.41, 5.74) is 0. The molecule has 134 valence electrons. The van der Waals surface area contributed by atoms with E-state index in [0.717, 1.165) is 12.8 Å². The Labute approximate surface area is 142 Å². The zero-order chi connectivity index (χ0) is 17.7. The van der Waals surface area contributed by atoms with E-state index in [4.69, 9.17) is 14.3 Å². The first-order chi connectivity index (χ1) is 11.4. The van der Waals surface area contributed by atoms with Crippen molar-refractivity contribution < 1.29 is 23.8 Å². The third kappa shape index (κ3) is 5.09. The van der Waals surface area contributed by atoms with E-state index >= 15 is 0 Å². The maximum absolute atomic E-state index is 12.0. The molecule has 2 rings (SSSR count). The second-order valence-electron chi connectivity index (χ2n) is 7.02. The van der Waals surface area contributed by atoms with Gasteiger partial charge in [0.15, 0.2) is 0 Å². The van der Waals surface area contributed by atoms with E-state index in [1.165, 1.54) is 12.5 Å². The highest BCUT2D eigenvalue weighted by atomic mass is 16.5. The second kappa shape index (κ2) is 8.33. The lowest BCUT2D eigenvalue weighted by molar-refractivity contribution is -0.131. The Hall–Kier alpha value is -1.82. The summed E-state index contributed by atoms with van der Waals surface area (Å²) in [6.45, 7) is 6.81. The van der Waals surface area contributed by atoms with Crippen molar-refractivity contribution in [2.24, 2.45) is 17.8 Å². The van der Waals surface area contributed by atoms with Crippen LogP contribution < -0.4 is 5.32 Å². The molecule has 1 aliphatic rings. The van der Waals surface area contributed by atoms with Crippen molar-refractivity contribution in [3.8, 4) is 0 Å². The highest BCUT2D eigenvalue weighted by Gasteiger charge is 2.31. The zero-order valence-electron chi connectivity index (χ0n) is 14.6. The van der Waals surface area contributed by atoms with E-state index in [-0.39, 0.29) is 30.9 Å². The van der Waals surface area contributed by atoms with Gasteiger partial charge in [-0.05, 0) is 42.7 Å². The molecular weight excluding hydrogens is 310 g/mol. The van der Waals surface area contributed by atoms with Gasteiger partial charge in [0.2, 0.25) is 11.7 Å². The maximum atomic E-state index is 12.0. The van der Waals surface area contributed by atoms with E-state index in [9.17, 15) is 9.59 Å². The molecule has 0 bridgehead atoms. The first-order valence-corrected chi connectivity index (χ1v) is 8.57. The van der Waals surface area contributed by atoms with E-state index in [0.29, 0.717) is 23.5 Å². The quantitative estimate of drug-likeness (QED) is 0.798. The zero-order valence-corrected chi connectivity index (χ0v) is 14.6. The Morgan fingerprint density at radius 1 is 1.38 bits per heavy atom. The molecule has 1 amide bonds. The van der Waals surface area contributed by atoms with Gasteiger partial charge in [0.1, 0.15) is 12.4 Å². The van der Waals surface area contributed by atoms with Crippen LogP contribution in [0.2, 0.25) is 0 Å². The van der Waals surface area contributed by atoms with Gasteiger partial charge in [-0.15, -0.1) is 0 Å². The molecule has 1 aliphatic carbocycles. The number of hydrogen-bond acceptors (Lipinski definition) is 4. The number of carbonyl (C=O) groups is 2. The number of aromatic carboxylic acids is 1. The van der Waals surface area contributed by atoms with Crippen LogP contribution in [0.4, 0.5) is 0 Å². The SMILES string of the molecule is CC1CCC(C(C)C)C(OCC(=O)NCc2ccc(C(=O)O)o2)C1. The molecule has 6 heteroatoms. The van der Waals surface area contributed by atoms with Crippen LogP contribution >= 0.6 is 0 Å². The smallest absolute Gasteiger partial charge is 0.371 e. The Kier molecular flexibility index (Phi) is 6.43. The Bertz CT molecular complexity index is 566. The van der Waals surface area contributed by atoms with Crippen LogP contribution in [0.3, 0.4) is 0 Å². The largest absolute Gasteiger partial charge is 0.475 e. The number of furan rings is 1. The monoisotopic (exact) mass is 337 g/mol. The molecule has 1 fully saturated rings. The minimum Gasteiger partial charge on any atom is -0.475 e. The molecule has 1 aromatic rings. The van der Waals surface area contributed by atoms with Crippen LogP contribution in [0.25, 0.3) is 0 Å². The predicted octanol–water partition coefficient (Wildman–Crippen LogP) is 3.07. The Morgan fingerprint density at radius 3 is 2.75 bits per heavy atom. The number of carboxylic acids is 1. The molecule has 0 radical (unpaired) electrons. The first-order valence-electron chi connectivity index (χ1n) is 8.57. The molecule has 2 N–H and O–H groups in total. The van der Waals surface area contributed by atoms with Crippen LogP contribution in [0.5, 0.6) is 0 Å². The number of carbonyl (C=O) groups excluding carboxylic acids is 1. The highest BCUT2D eigenvalue weighted by molar-refractivity contribution is 5.84. The van der Waals surface area contributed by atoms with Crippen LogP contribution in [-0.4, -0.2) is 29.7 Å². The molecule has 24 heavy (non-hydrogen) atoms. The van der Waals surface area contributed by atoms with Crippen molar-refractivity contribution in [3.05, 3.63) is 23.7 Å². The summed E-state index contributed by atoms with van der Waals surface area (Å²) < 4.78 is 11.0. The van der Waals surface area contributed by atoms with Crippen LogP contribution in [0.15, 0.2) is 16.5 Å². The number of nitrogens with one attached hydrogen (secondary N) is 1. The average Bonchev–Trinajstić information content (AvgIpc) is 3.00. The van der Waals surface area contributed by atoms with Crippen molar-refractivity contribution >= 4 is 11.9 Å². The van der Waals surface area contributed by atoms with Gasteiger partial charge in [0.05, 0.1) is 12.6 Å². The molecule has 0 aliphatic heterocycles. The number of hydrogen-bond donors (Lipinski definition) is 2. The molecule has 0 aromatic carbocycles. The fourth-order valence-corrected chi connectivity index (χ4v) is 3.31. The second-order valence-corrected chi connectivity index (χ2v) is 7.02. The fraction of sp³-hybridized carbons (Fsp3) is 0.667. The summed E-state index contributed by atoms with van der Waals surface area (Å²) in [4.78, 5) is 22.7. The first kappa shape index (κ1) is 18.5. The minimum absolute atomic E-state index is 0.0209. The van der Waals surface area contributed by atoms with Crippen LogP contribution in [0.1, 0.15) is 56.3 Å². The molecule has 0 saturated heterocycles. The third-order valence-corrected chi connectivity index (χ3v) is 4.72. The molecule has 1 heterocycles. The average molecular weight is 337 g/mol. The highest BCUT2D eigenvalue weighted by Crippen LogP contribution is 2.35. The van der Waals surface area contributed by atoms with E-state index in [1.807, 2.05) is 0 Å². The van der Waals surface area contributed by atoms with E-state index in [2.05, 4.69) is 26.1 Å². The summed E-state index contributed by atoms with van der Waals surface area (Å²) in [6.07, 6.45) is 3.49. The van der Waals surface area contributed by atoms with Crippen LogP contribution in [-0.2, 0) is 16.1 Å². The van der Waals surface area contributed by atoms with Gasteiger partial charge in [0.25, 0.3) is 0 Å². The molecule has 1 aromatic heterocycles. The summed E-state index contributed by atoms with van der Waals surface area (Å²) in [7, 11) is 0.